The molecule has 35 heavy (non-hydrogen) atoms. The Labute approximate surface area is 218 Å². The normalized spacial score (nSPS) is 14.6. The van der Waals surface area contributed by atoms with Gasteiger partial charge in [-0.15, -0.1) is 0 Å². The summed E-state index contributed by atoms with van der Waals surface area (Å²) in [5.74, 6) is 1.15. The van der Waals surface area contributed by atoms with E-state index in [2.05, 4.69) is 44.2 Å². The fourth-order valence-corrected chi connectivity index (χ4v) is 5.60. The number of rotatable bonds is 23. The standard InChI is InChI=1S/C33H55N2/c1-3-5-7-9-11-13-15-17-22-26-32(33-34-27-28-35-33)31(29-30-23-19-18-20-24-30)25-21-16-14-12-10-8-6-4-2/h18-20,23-24,27-28,31-32H,3-17,21-22,25-26,29H2,1-2H3/q+1. The molecule has 2 nitrogen and oxygen atoms in total. The Balaban J connectivity index is 1.83. The maximum Gasteiger partial charge on any atom is 0.244 e. The Morgan fingerprint density at radius 1 is 0.571 bits per heavy atom. The van der Waals surface area contributed by atoms with Gasteiger partial charge in [-0.1, -0.05) is 163 Å². The van der Waals surface area contributed by atoms with E-state index in [1.807, 2.05) is 12.4 Å². The van der Waals surface area contributed by atoms with E-state index >= 15 is 0 Å². The van der Waals surface area contributed by atoms with Crippen LogP contribution in [0.25, 0.3) is 0 Å². The van der Waals surface area contributed by atoms with E-state index in [4.69, 9.17) is 9.98 Å². The first-order chi connectivity index (χ1) is 17.3. The van der Waals surface area contributed by atoms with Crippen molar-refractivity contribution in [3.05, 3.63) is 42.1 Å². The monoisotopic (exact) mass is 479 g/mol. The first-order valence-electron chi connectivity index (χ1n) is 15.3. The predicted octanol–water partition coefficient (Wildman–Crippen LogP) is 10.6. The van der Waals surface area contributed by atoms with Gasteiger partial charge in [-0.3, -0.25) is 0 Å². The summed E-state index contributed by atoms with van der Waals surface area (Å²) in [6.45, 7) is 4.60. The van der Waals surface area contributed by atoms with Crippen LogP contribution in [-0.2, 0) is 6.42 Å². The lowest BCUT2D eigenvalue weighted by molar-refractivity contribution is 0.284. The maximum absolute atomic E-state index is 4.71. The molecule has 0 aliphatic carbocycles. The molecule has 2 heteroatoms. The predicted molar refractivity (Wildman–Crippen MR) is 156 cm³/mol. The molecule has 2 rings (SSSR count). The van der Waals surface area contributed by atoms with Crippen molar-refractivity contribution in [3.63, 3.8) is 0 Å². The van der Waals surface area contributed by atoms with Crippen LogP contribution in [0.5, 0.6) is 0 Å². The van der Waals surface area contributed by atoms with Gasteiger partial charge in [-0.2, -0.15) is 0 Å². The first kappa shape index (κ1) is 29.7. The highest BCUT2D eigenvalue weighted by Crippen LogP contribution is 2.37. The van der Waals surface area contributed by atoms with Crippen LogP contribution in [0.2, 0.25) is 0 Å². The topological polar surface area (TPSA) is 24.7 Å². The lowest BCUT2D eigenvalue weighted by Gasteiger charge is -2.26. The molecule has 0 radical (unpaired) electrons. The second-order valence-electron chi connectivity index (χ2n) is 10.9. The second-order valence-corrected chi connectivity index (χ2v) is 10.9. The molecule has 1 aliphatic rings. The van der Waals surface area contributed by atoms with Gasteiger partial charge >= 0.3 is 0 Å². The van der Waals surface area contributed by atoms with E-state index in [0.717, 1.165) is 12.6 Å². The van der Waals surface area contributed by atoms with Crippen molar-refractivity contribution in [3.8, 4) is 0 Å². The zero-order valence-electron chi connectivity index (χ0n) is 23.2. The van der Waals surface area contributed by atoms with Crippen molar-refractivity contribution in [1.82, 2.24) is 0 Å². The Kier molecular flexibility index (Phi) is 17.5. The summed E-state index contributed by atoms with van der Waals surface area (Å²) in [5.41, 5.74) is 1.47. The molecule has 2 unspecified atom stereocenters. The average Bonchev–Trinajstić information content (AvgIpc) is 3.41. The van der Waals surface area contributed by atoms with Crippen LogP contribution < -0.4 is 0 Å². The van der Waals surface area contributed by atoms with Crippen LogP contribution >= 0.6 is 0 Å². The highest BCUT2D eigenvalue weighted by atomic mass is 15.0. The minimum absolute atomic E-state index is 0.499. The summed E-state index contributed by atoms with van der Waals surface area (Å²) >= 11 is 0. The summed E-state index contributed by atoms with van der Waals surface area (Å²) in [7, 11) is 0. The number of nitrogens with zero attached hydrogens (tertiary/aromatic N) is 2. The van der Waals surface area contributed by atoms with Gasteiger partial charge in [0.2, 0.25) is 6.17 Å². The van der Waals surface area contributed by atoms with Crippen LogP contribution in [0.4, 0.5) is 0 Å². The first-order valence-corrected chi connectivity index (χ1v) is 15.3. The van der Waals surface area contributed by atoms with Gasteiger partial charge < -0.3 is 0 Å². The van der Waals surface area contributed by atoms with Crippen LogP contribution in [0.1, 0.15) is 141 Å². The van der Waals surface area contributed by atoms with Crippen LogP contribution in [0.15, 0.2) is 40.3 Å². The zero-order chi connectivity index (χ0) is 24.8. The summed E-state index contributed by atoms with van der Waals surface area (Å²) in [6, 6.07) is 11.1. The van der Waals surface area contributed by atoms with Gasteiger partial charge in [0.25, 0.3) is 0 Å². The largest absolute Gasteiger partial charge is 0.244 e. The van der Waals surface area contributed by atoms with Crippen LogP contribution in [0.3, 0.4) is 0 Å². The highest BCUT2D eigenvalue weighted by Gasteiger charge is 2.35. The van der Waals surface area contributed by atoms with E-state index in [0.29, 0.717) is 11.8 Å². The third-order valence-electron chi connectivity index (χ3n) is 7.77. The SMILES string of the molecule is CCCCCCCCCCCC([C+]1N=CC=N1)C(CCCCCCCCCC)Cc1ccccc1. The smallest absolute Gasteiger partial charge is 0.0965 e. The maximum atomic E-state index is 4.71. The fourth-order valence-electron chi connectivity index (χ4n) is 5.60. The molecule has 0 saturated heterocycles. The molecule has 2 atom stereocenters. The number of hydrogen-bond acceptors (Lipinski definition) is 2. The van der Waals surface area contributed by atoms with Crippen LogP contribution in [-0.4, -0.2) is 12.4 Å². The number of unbranched alkanes of at least 4 members (excludes halogenated alkanes) is 15. The Bertz CT molecular complexity index is 638. The van der Waals surface area contributed by atoms with Crippen molar-refractivity contribution < 1.29 is 0 Å². The van der Waals surface area contributed by atoms with Gasteiger partial charge in [-0.25, -0.2) is 0 Å². The molecule has 1 aromatic carbocycles. The Morgan fingerprint density at radius 3 is 1.54 bits per heavy atom. The van der Waals surface area contributed by atoms with Crippen molar-refractivity contribution in [2.24, 2.45) is 21.8 Å². The van der Waals surface area contributed by atoms with E-state index in [1.54, 1.807) is 0 Å². The molecule has 1 aromatic rings. The summed E-state index contributed by atoms with van der Waals surface area (Å²) in [4.78, 5) is 9.42. The van der Waals surface area contributed by atoms with Crippen molar-refractivity contribution in [2.45, 2.75) is 142 Å². The van der Waals surface area contributed by atoms with E-state index in [1.165, 1.54) is 128 Å². The minimum atomic E-state index is 0.499. The second kappa shape index (κ2) is 20.6. The molecule has 0 aromatic heterocycles. The summed E-state index contributed by atoms with van der Waals surface area (Å²) in [6.07, 6.45) is 32.2. The lowest BCUT2D eigenvalue weighted by Crippen LogP contribution is -2.22. The quantitative estimate of drug-likeness (QED) is 0.110. The van der Waals surface area contributed by atoms with E-state index in [-0.39, 0.29) is 0 Å². The minimum Gasteiger partial charge on any atom is -0.0965 e. The van der Waals surface area contributed by atoms with Crippen molar-refractivity contribution in [2.75, 3.05) is 0 Å². The molecule has 1 aliphatic heterocycles. The molecule has 0 N–H and O–H groups in total. The molecule has 0 amide bonds. The zero-order valence-corrected chi connectivity index (χ0v) is 23.2. The Hall–Kier alpha value is -1.57. The fraction of sp³-hybridized carbons (Fsp3) is 0.727. The van der Waals surface area contributed by atoms with Gasteiger partial charge in [0, 0.05) is 0 Å². The molecule has 1 heterocycles. The van der Waals surface area contributed by atoms with Gasteiger partial charge in [-0.05, 0) is 30.7 Å². The molecule has 0 saturated carbocycles. The molecule has 0 spiro atoms. The molecule has 0 fully saturated rings. The lowest BCUT2D eigenvalue weighted by atomic mass is 9.78. The number of benzene rings is 1. The van der Waals surface area contributed by atoms with Crippen molar-refractivity contribution >= 4 is 12.4 Å². The van der Waals surface area contributed by atoms with Gasteiger partial charge in [0.15, 0.2) is 12.4 Å². The molecule has 196 valence electrons. The third-order valence-corrected chi connectivity index (χ3v) is 7.77. The molecular formula is C33H55N2+. The third kappa shape index (κ3) is 13.9. The van der Waals surface area contributed by atoms with E-state index < -0.39 is 0 Å². The van der Waals surface area contributed by atoms with Gasteiger partial charge in [0.05, 0.1) is 5.92 Å². The van der Waals surface area contributed by atoms with Gasteiger partial charge in [0.1, 0.15) is 0 Å². The van der Waals surface area contributed by atoms with Crippen molar-refractivity contribution in [1.29, 1.82) is 0 Å². The number of hydrogen-bond donors (Lipinski definition) is 0. The molecular weight excluding hydrogens is 424 g/mol. The average molecular weight is 480 g/mol. The highest BCUT2D eigenvalue weighted by molar-refractivity contribution is 6.18. The summed E-state index contributed by atoms with van der Waals surface area (Å²) in [5, 5.41) is 0. The van der Waals surface area contributed by atoms with Crippen LogP contribution in [0, 0.1) is 18.0 Å². The number of aliphatic imine (C=N–C) groups is 2. The Morgan fingerprint density at radius 2 is 1.03 bits per heavy atom. The van der Waals surface area contributed by atoms with E-state index in [9.17, 15) is 0 Å². The summed E-state index contributed by atoms with van der Waals surface area (Å²) < 4.78 is 0. The molecule has 0 bridgehead atoms.